The monoisotopic (exact) mass is 329 g/mol. The van der Waals surface area contributed by atoms with Crippen LogP contribution < -0.4 is 19.5 Å². The van der Waals surface area contributed by atoms with E-state index >= 15 is 0 Å². The molecule has 2 aromatic carbocycles. The Morgan fingerprint density at radius 3 is 2.54 bits per heavy atom. The minimum absolute atomic E-state index is 0.0601. The average Bonchev–Trinajstić information content (AvgIpc) is 2.58. The van der Waals surface area contributed by atoms with Crippen LogP contribution in [0.15, 0.2) is 42.5 Å². The fourth-order valence-corrected chi connectivity index (χ4v) is 2.27. The Balaban J connectivity index is 1.77. The van der Waals surface area contributed by atoms with Gasteiger partial charge in [0.15, 0.2) is 11.5 Å². The second kappa shape index (κ2) is 8.82. The first-order valence-corrected chi connectivity index (χ1v) is 7.83. The number of aryl methyl sites for hydroxylation is 1. The maximum absolute atomic E-state index is 12.0. The quantitative estimate of drug-likeness (QED) is 0.748. The molecule has 0 heterocycles. The molecular weight excluding hydrogens is 306 g/mol. The molecular formula is C19H23NO4. The van der Waals surface area contributed by atoms with Gasteiger partial charge in [-0.05, 0) is 43.2 Å². The lowest BCUT2D eigenvalue weighted by molar-refractivity contribution is -0.116. The largest absolute Gasteiger partial charge is 0.494 e. The molecule has 24 heavy (non-hydrogen) atoms. The van der Waals surface area contributed by atoms with Gasteiger partial charge in [-0.3, -0.25) is 4.79 Å². The average molecular weight is 329 g/mol. The van der Waals surface area contributed by atoms with Crippen molar-refractivity contribution in [3.05, 3.63) is 48.0 Å². The molecule has 0 aliphatic rings. The molecule has 5 heteroatoms. The molecule has 0 saturated heterocycles. The van der Waals surface area contributed by atoms with E-state index in [9.17, 15) is 4.79 Å². The second-order valence-electron chi connectivity index (χ2n) is 5.39. The molecule has 1 N–H and O–H groups in total. The zero-order valence-electron chi connectivity index (χ0n) is 14.3. The van der Waals surface area contributed by atoms with Gasteiger partial charge < -0.3 is 19.5 Å². The van der Waals surface area contributed by atoms with Crippen LogP contribution in [0.4, 0.5) is 5.69 Å². The molecule has 0 radical (unpaired) electrons. The normalized spacial score (nSPS) is 10.1. The number of nitrogens with one attached hydrogen (secondary N) is 1. The lowest BCUT2D eigenvalue weighted by atomic mass is 10.2. The Kier molecular flexibility index (Phi) is 6.49. The van der Waals surface area contributed by atoms with Crippen LogP contribution in [0.25, 0.3) is 0 Å². The number of amides is 1. The third-order valence-corrected chi connectivity index (χ3v) is 3.47. The smallest absolute Gasteiger partial charge is 0.224 e. The number of hydrogen-bond acceptors (Lipinski definition) is 4. The van der Waals surface area contributed by atoms with E-state index in [2.05, 4.69) is 5.32 Å². The first kappa shape index (κ1) is 17.7. The predicted molar refractivity (Wildman–Crippen MR) is 94.1 cm³/mol. The summed E-state index contributed by atoms with van der Waals surface area (Å²) >= 11 is 0. The van der Waals surface area contributed by atoms with E-state index in [4.69, 9.17) is 14.2 Å². The molecule has 0 saturated carbocycles. The van der Waals surface area contributed by atoms with Gasteiger partial charge in [0.1, 0.15) is 5.75 Å². The third kappa shape index (κ3) is 5.19. The second-order valence-corrected chi connectivity index (χ2v) is 5.39. The number of carbonyl (C=O) groups excluding carboxylic acids is 1. The summed E-state index contributed by atoms with van der Waals surface area (Å²) in [5, 5.41) is 2.85. The van der Waals surface area contributed by atoms with Crippen molar-refractivity contribution < 1.29 is 19.0 Å². The predicted octanol–water partition coefficient (Wildman–Crippen LogP) is 3.81. The Bertz CT molecular complexity index is 685. The third-order valence-electron chi connectivity index (χ3n) is 3.47. The molecule has 128 valence electrons. The Morgan fingerprint density at radius 1 is 1.04 bits per heavy atom. The van der Waals surface area contributed by atoms with E-state index in [0.717, 1.165) is 11.3 Å². The topological polar surface area (TPSA) is 56.8 Å². The van der Waals surface area contributed by atoms with Crippen LogP contribution in [-0.4, -0.2) is 26.7 Å². The van der Waals surface area contributed by atoms with E-state index < -0.39 is 0 Å². The van der Waals surface area contributed by atoms with Crippen molar-refractivity contribution in [2.45, 2.75) is 19.8 Å². The summed E-state index contributed by atoms with van der Waals surface area (Å²) in [6.07, 6.45) is 1.03. The summed E-state index contributed by atoms with van der Waals surface area (Å²) in [7, 11) is 3.14. The van der Waals surface area contributed by atoms with Crippen LogP contribution in [0.2, 0.25) is 0 Å². The van der Waals surface area contributed by atoms with Crippen molar-refractivity contribution in [3.8, 4) is 17.2 Å². The minimum atomic E-state index is -0.0601. The zero-order valence-corrected chi connectivity index (χ0v) is 14.3. The number of anilines is 1. The van der Waals surface area contributed by atoms with Gasteiger partial charge in [-0.2, -0.15) is 0 Å². The van der Waals surface area contributed by atoms with Crippen molar-refractivity contribution in [1.82, 2.24) is 0 Å². The maximum atomic E-state index is 12.0. The fourth-order valence-electron chi connectivity index (χ4n) is 2.27. The first-order valence-electron chi connectivity index (χ1n) is 7.83. The molecule has 0 aliphatic carbocycles. The molecule has 0 fully saturated rings. The van der Waals surface area contributed by atoms with Gasteiger partial charge in [0.2, 0.25) is 5.91 Å². The van der Waals surface area contributed by atoms with Gasteiger partial charge in [0.05, 0.1) is 20.8 Å². The van der Waals surface area contributed by atoms with Crippen molar-refractivity contribution in [2.24, 2.45) is 0 Å². The van der Waals surface area contributed by atoms with Gasteiger partial charge in [0, 0.05) is 18.2 Å². The van der Waals surface area contributed by atoms with E-state index in [-0.39, 0.29) is 5.91 Å². The summed E-state index contributed by atoms with van der Waals surface area (Å²) in [5.74, 6) is 1.98. The summed E-state index contributed by atoms with van der Waals surface area (Å²) in [6.45, 7) is 2.52. The van der Waals surface area contributed by atoms with Crippen LogP contribution in [0.3, 0.4) is 0 Å². The van der Waals surface area contributed by atoms with Gasteiger partial charge in [-0.15, -0.1) is 0 Å². The summed E-state index contributed by atoms with van der Waals surface area (Å²) in [4.78, 5) is 12.0. The highest BCUT2D eigenvalue weighted by Crippen LogP contribution is 2.29. The number of benzene rings is 2. The highest BCUT2D eigenvalue weighted by Gasteiger charge is 2.07. The summed E-state index contributed by atoms with van der Waals surface area (Å²) in [5.41, 5.74) is 1.83. The van der Waals surface area contributed by atoms with Crippen molar-refractivity contribution in [1.29, 1.82) is 0 Å². The summed E-state index contributed by atoms with van der Waals surface area (Å²) in [6, 6.07) is 13.1. The molecule has 0 bridgehead atoms. The zero-order chi connectivity index (χ0) is 17.4. The van der Waals surface area contributed by atoms with Crippen molar-refractivity contribution in [2.75, 3.05) is 26.1 Å². The molecule has 2 rings (SSSR count). The standard InChI is InChI=1S/C19H23NO4/c1-14-6-4-7-16(12-14)24-11-5-8-19(21)20-15-9-10-17(22-2)18(13-15)23-3/h4,6-7,9-10,12-13H,5,8,11H2,1-3H3,(H,20,21). The lowest BCUT2D eigenvalue weighted by Gasteiger charge is -2.11. The van der Waals surface area contributed by atoms with Gasteiger partial charge >= 0.3 is 0 Å². The maximum Gasteiger partial charge on any atom is 0.224 e. The highest BCUT2D eigenvalue weighted by atomic mass is 16.5. The van der Waals surface area contributed by atoms with Crippen molar-refractivity contribution >= 4 is 11.6 Å². The van der Waals surface area contributed by atoms with E-state index in [1.54, 1.807) is 32.4 Å². The van der Waals surface area contributed by atoms with Gasteiger partial charge in [0.25, 0.3) is 0 Å². The number of carbonyl (C=O) groups is 1. The first-order chi connectivity index (χ1) is 11.6. The van der Waals surface area contributed by atoms with Gasteiger partial charge in [-0.25, -0.2) is 0 Å². The molecule has 1 amide bonds. The van der Waals surface area contributed by atoms with E-state index in [1.807, 2.05) is 31.2 Å². The Morgan fingerprint density at radius 2 is 1.83 bits per heavy atom. The molecule has 0 aliphatic heterocycles. The number of ether oxygens (including phenoxy) is 3. The number of methoxy groups -OCH3 is 2. The molecule has 0 unspecified atom stereocenters. The molecule has 5 nitrogen and oxygen atoms in total. The van der Waals surface area contributed by atoms with Crippen LogP contribution in [0, 0.1) is 6.92 Å². The number of hydrogen-bond donors (Lipinski definition) is 1. The molecule has 2 aromatic rings. The van der Waals surface area contributed by atoms with Crippen LogP contribution in [0.1, 0.15) is 18.4 Å². The minimum Gasteiger partial charge on any atom is -0.494 e. The van der Waals surface area contributed by atoms with E-state index in [1.165, 1.54) is 0 Å². The molecule has 0 spiro atoms. The van der Waals surface area contributed by atoms with E-state index in [0.29, 0.717) is 36.6 Å². The fraction of sp³-hybridized carbons (Fsp3) is 0.316. The van der Waals surface area contributed by atoms with Crippen LogP contribution in [0.5, 0.6) is 17.2 Å². The lowest BCUT2D eigenvalue weighted by Crippen LogP contribution is -2.13. The SMILES string of the molecule is COc1ccc(NC(=O)CCCOc2cccc(C)c2)cc1OC. The van der Waals surface area contributed by atoms with Gasteiger partial charge in [-0.1, -0.05) is 12.1 Å². The Hall–Kier alpha value is -2.69. The van der Waals surface area contributed by atoms with Crippen LogP contribution in [-0.2, 0) is 4.79 Å². The molecule has 0 atom stereocenters. The van der Waals surface area contributed by atoms with Crippen LogP contribution >= 0.6 is 0 Å². The van der Waals surface area contributed by atoms with Crippen molar-refractivity contribution in [3.63, 3.8) is 0 Å². The Labute approximate surface area is 142 Å². The molecule has 0 aromatic heterocycles. The number of rotatable bonds is 8. The summed E-state index contributed by atoms with van der Waals surface area (Å²) < 4.78 is 16.0. The highest BCUT2D eigenvalue weighted by molar-refractivity contribution is 5.91.